The number of benzene rings is 9. The summed E-state index contributed by atoms with van der Waals surface area (Å²) in [5.74, 6) is 0. The molecule has 1 aromatic heterocycles. The number of furan rings is 1. The maximum absolute atomic E-state index is 6.39. The number of nitrogens with zero attached hydrogens (tertiary/aromatic N) is 1. The normalized spacial score (nSPS) is 11.3. The first-order chi connectivity index (χ1) is 26.8. The Morgan fingerprint density at radius 3 is 1.52 bits per heavy atom. The zero-order chi connectivity index (χ0) is 35.8. The second kappa shape index (κ2) is 13.4. The van der Waals surface area contributed by atoms with Gasteiger partial charge in [-0.25, -0.2) is 0 Å². The summed E-state index contributed by atoms with van der Waals surface area (Å²) in [4.78, 5) is 2.37. The van der Waals surface area contributed by atoms with Gasteiger partial charge in [0.1, 0.15) is 11.2 Å². The van der Waals surface area contributed by atoms with Gasteiger partial charge in [-0.3, -0.25) is 0 Å². The SMILES string of the molecule is c1ccc(-c2ccc(-c3ccc(N(c4ccc(-c5cccc(-c6cccc7c6oc6ccccc67)c5)cc4)c4cccc5ccccc45)cc3)cc2)cc1. The van der Waals surface area contributed by atoms with Gasteiger partial charge in [0.15, 0.2) is 0 Å². The molecule has 0 amide bonds. The Labute approximate surface area is 314 Å². The molecule has 0 unspecified atom stereocenters. The van der Waals surface area contributed by atoms with E-state index in [-0.39, 0.29) is 0 Å². The van der Waals surface area contributed by atoms with Crippen molar-refractivity contribution in [3.8, 4) is 44.5 Å². The van der Waals surface area contributed by atoms with Gasteiger partial charge in [-0.15, -0.1) is 0 Å². The number of para-hydroxylation sites is 2. The fourth-order valence-electron chi connectivity index (χ4n) is 7.76. The molecule has 10 aromatic rings. The minimum atomic E-state index is 0.912. The van der Waals surface area contributed by atoms with Crippen LogP contribution in [-0.4, -0.2) is 0 Å². The lowest BCUT2D eigenvalue weighted by Gasteiger charge is -2.27. The van der Waals surface area contributed by atoms with E-state index < -0.39 is 0 Å². The zero-order valence-corrected chi connectivity index (χ0v) is 29.6. The van der Waals surface area contributed by atoms with E-state index in [0.717, 1.165) is 61.3 Å². The van der Waals surface area contributed by atoms with Gasteiger partial charge in [0.2, 0.25) is 0 Å². The van der Waals surface area contributed by atoms with Crippen LogP contribution in [0.1, 0.15) is 0 Å². The molecule has 0 N–H and O–H groups in total. The maximum atomic E-state index is 6.39. The third kappa shape index (κ3) is 5.71. The molecule has 1 heterocycles. The average Bonchev–Trinajstić information content (AvgIpc) is 3.64. The Hall–Kier alpha value is -7.16. The zero-order valence-electron chi connectivity index (χ0n) is 29.6. The molecular weight excluding hydrogens is 655 g/mol. The highest BCUT2D eigenvalue weighted by Crippen LogP contribution is 2.41. The summed E-state index contributed by atoms with van der Waals surface area (Å²) >= 11 is 0. The third-order valence-electron chi connectivity index (χ3n) is 10.5. The molecule has 10 rings (SSSR count). The maximum Gasteiger partial charge on any atom is 0.143 e. The van der Waals surface area contributed by atoms with Crippen LogP contribution < -0.4 is 4.90 Å². The first-order valence-corrected chi connectivity index (χ1v) is 18.4. The summed E-state index contributed by atoms with van der Waals surface area (Å²) < 4.78 is 6.39. The lowest BCUT2D eigenvalue weighted by atomic mass is 9.97. The quantitative estimate of drug-likeness (QED) is 0.166. The summed E-state index contributed by atoms with van der Waals surface area (Å²) in [6.45, 7) is 0. The molecular formula is C52H35NO. The molecule has 0 bridgehead atoms. The van der Waals surface area contributed by atoms with Gasteiger partial charge in [0, 0.05) is 33.1 Å². The van der Waals surface area contributed by atoms with Crippen molar-refractivity contribution < 1.29 is 4.42 Å². The van der Waals surface area contributed by atoms with Gasteiger partial charge in [-0.2, -0.15) is 0 Å². The number of hydrogen-bond acceptors (Lipinski definition) is 2. The van der Waals surface area contributed by atoms with Crippen LogP contribution >= 0.6 is 0 Å². The Morgan fingerprint density at radius 1 is 0.315 bits per heavy atom. The van der Waals surface area contributed by atoms with Crippen LogP contribution in [0.4, 0.5) is 17.1 Å². The Kier molecular flexibility index (Phi) is 7.85. The molecule has 0 aliphatic rings. The first-order valence-electron chi connectivity index (χ1n) is 18.4. The van der Waals surface area contributed by atoms with Gasteiger partial charge in [-0.05, 0) is 86.8 Å². The van der Waals surface area contributed by atoms with Crippen LogP contribution in [-0.2, 0) is 0 Å². The lowest BCUT2D eigenvalue weighted by Crippen LogP contribution is -2.10. The Morgan fingerprint density at radius 2 is 0.796 bits per heavy atom. The molecule has 2 nitrogen and oxygen atoms in total. The first kappa shape index (κ1) is 31.6. The van der Waals surface area contributed by atoms with Crippen molar-refractivity contribution >= 4 is 49.8 Å². The molecule has 0 saturated carbocycles. The molecule has 0 radical (unpaired) electrons. The van der Waals surface area contributed by atoms with Crippen LogP contribution in [0.25, 0.3) is 77.2 Å². The standard InChI is InChI=1S/C52H35NO/c1-2-11-36(12-3-1)37-23-25-38(26-24-37)39-27-31-44(32-28-39)53(50-21-9-14-41-13-4-5-17-46(41)50)45-33-29-40(30-34-45)42-15-8-16-43(35-42)47-19-10-20-49-48-18-6-7-22-51(48)54-52(47)49/h1-35H. The predicted molar refractivity (Wildman–Crippen MR) is 228 cm³/mol. The Bertz CT molecular complexity index is 2900. The summed E-state index contributed by atoms with van der Waals surface area (Å²) in [5.41, 5.74) is 14.5. The van der Waals surface area contributed by atoms with E-state index in [0.29, 0.717) is 0 Å². The van der Waals surface area contributed by atoms with E-state index in [1.165, 1.54) is 33.0 Å². The van der Waals surface area contributed by atoms with Crippen molar-refractivity contribution in [3.05, 3.63) is 212 Å². The highest BCUT2D eigenvalue weighted by molar-refractivity contribution is 6.09. The number of fused-ring (bicyclic) bond motifs is 4. The summed E-state index contributed by atoms with van der Waals surface area (Å²) in [7, 11) is 0. The minimum absolute atomic E-state index is 0.912. The van der Waals surface area contributed by atoms with Gasteiger partial charge in [0.05, 0.1) is 5.69 Å². The predicted octanol–water partition coefficient (Wildman–Crippen LogP) is 14.9. The largest absolute Gasteiger partial charge is 0.455 e. The number of rotatable bonds is 7. The molecule has 0 aliphatic heterocycles. The van der Waals surface area contributed by atoms with Gasteiger partial charge >= 0.3 is 0 Å². The summed E-state index contributed by atoms with van der Waals surface area (Å²) in [6.07, 6.45) is 0. The van der Waals surface area contributed by atoms with Crippen molar-refractivity contribution in [1.82, 2.24) is 0 Å². The van der Waals surface area contributed by atoms with Gasteiger partial charge in [-0.1, -0.05) is 170 Å². The second-order valence-electron chi connectivity index (χ2n) is 13.7. The number of hydrogen-bond donors (Lipinski definition) is 0. The van der Waals surface area contributed by atoms with Crippen molar-refractivity contribution in [2.45, 2.75) is 0 Å². The fourth-order valence-corrected chi connectivity index (χ4v) is 7.76. The van der Waals surface area contributed by atoms with Crippen LogP contribution in [0.2, 0.25) is 0 Å². The molecule has 2 heteroatoms. The number of anilines is 3. The topological polar surface area (TPSA) is 16.4 Å². The van der Waals surface area contributed by atoms with Crippen LogP contribution in [0.15, 0.2) is 217 Å². The average molecular weight is 690 g/mol. The monoisotopic (exact) mass is 689 g/mol. The van der Waals surface area contributed by atoms with Crippen LogP contribution in [0.3, 0.4) is 0 Å². The van der Waals surface area contributed by atoms with Crippen molar-refractivity contribution in [1.29, 1.82) is 0 Å². The minimum Gasteiger partial charge on any atom is -0.455 e. The van der Waals surface area contributed by atoms with Crippen molar-refractivity contribution in [2.24, 2.45) is 0 Å². The van der Waals surface area contributed by atoms with Gasteiger partial charge in [0.25, 0.3) is 0 Å². The molecule has 254 valence electrons. The molecule has 54 heavy (non-hydrogen) atoms. The summed E-state index contributed by atoms with van der Waals surface area (Å²) in [5, 5.41) is 4.70. The molecule has 0 spiro atoms. The second-order valence-corrected chi connectivity index (χ2v) is 13.7. The van der Waals surface area contributed by atoms with E-state index in [9.17, 15) is 0 Å². The van der Waals surface area contributed by atoms with E-state index in [4.69, 9.17) is 4.42 Å². The van der Waals surface area contributed by atoms with E-state index in [2.05, 4.69) is 205 Å². The van der Waals surface area contributed by atoms with E-state index in [1.54, 1.807) is 0 Å². The molecule has 0 aliphatic carbocycles. The van der Waals surface area contributed by atoms with Crippen molar-refractivity contribution in [2.75, 3.05) is 4.90 Å². The van der Waals surface area contributed by atoms with E-state index in [1.807, 2.05) is 12.1 Å². The lowest BCUT2D eigenvalue weighted by molar-refractivity contribution is 0.670. The smallest absolute Gasteiger partial charge is 0.143 e. The molecule has 9 aromatic carbocycles. The molecule has 0 saturated heterocycles. The Balaban J connectivity index is 1.00. The molecule has 0 fully saturated rings. The third-order valence-corrected chi connectivity index (χ3v) is 10.5. The highest BCUT2D eigenvalue weighted by atomic mass is 16.3. The van der Waals surface area contributed by atoms with E-state index >= 15 is 0 Å². The van der Waals surface area contributed by atoms with Crippen LogP contribution in [0, 0.1) is 0 Å². The van der Waals surface area contributed by atoms with Crippen LogP contribution in [0.5, 0.6) is 0 Å². The molecule has 0 atom stereocenters. The van der Waals surface area contributed by atoms with Crippen molar-refractivity contribution in [3.63, 3.8) is 0 Å². The highest BCUT2D eigenvalue weighted by Gasteiger charge is 2.17. The van der Waals surface area contributed by atoms with Gasteiger partial charge < -0.3 is 9.32 Å². The summed E-state index contributed by atoms with van der Waals surface area (Å²) in [6, 6.07) is 75.8. The fraction of sp³-hybridized carbons (Fsp3) is 0.